The van der Waals surface area contributed by atoms with Crippen LogP contribution in [-0.4, -0.2) is 66.5 Å². The number of alkyl halides is 1. The minimum atomic E-state index is -0.840. The van der Waals surface area contributed by atoms with Crippen LogP contribution < -0.4 is 9.80 Å². The molecular formula is C16H23FN6O. The molecule has 7 nitrogen and oxygen atoms in total. The van der Waals surface area contributed by atoms with E-state index in [1.807, 2.05) is 43.1 Å². The van der Waals surface area contributed by atoms with Crippen LogP contribution in [0.4, 0.5) is 16.2 Å². The van der Waals surface area contributed by atoms with Crippen LogP contribution in [0.15, 0.2) is 29.1 Å². The second-order valence-electron chi connectivity index (χ2n) is 6.44. The Balaban J connectivity index is 1.70. The van der Waals surface area contributed by atoms with Gasteiger partial charge in [0.1, 0.15) is 18.3 Å². The highest BCUT2D eigenvalue weighted by Gasteiger charge is 2.34. The molecule has 2 aromatic heterocycles. The summed E-state index contributed by atoms with van der Waals surface area (Å²) >= 11 is 0. The average molecular weight is 334 g/mol. The van der Waals surface area contributed by atoms with Crippen LogP contribution in [0.2, 0.25) is 0 Å². The molecule has 0 unspecified atom stereocenters. The zero-order valence-electron chi connectivity index (χ0n) is 14.3. The van der Waals surface area contributed by atoms with Crippen LogP contribution in [0.5, 0.6) is 0 Å². The predicted octanol–water partition coefficient (Wildman–Crippen LogP) is 1.58. The van der Waals surface area contributed by atoms with Crippen molar-refractivity contribution in [3.05, 3.63) is 30.3 Å². The monoisotopic (exact) mass is 334 g/mol. The van der Waals surface area contributed by atoms with Crippen molar-refractivity contribution in [2.24, 2.45) is 0 Å². The van der Waals surface area contributed by atoms with E-state index in [1.165, 1.54) is 0 Å². The molecule has 2 aromatic rings. The molecule has 24 heavy (non-hydrogen) atoms. The van der Waals surface area contributed by atoms with Crippen LogP contribution in [0.3, 0.4) is 0 Å². The predicted molar refractivity (Wildman–Crippen MR) is 89.8 cm³/mol. The molecule has 0 bridgehead atoms. The Morgan fingerprint density at radius 2 is 2.17 bits per heavy atom. The summed E-state index contributed by atoms with van der Waals surface area (Å²) in [6, 6.07) is 3.76. The van der Waals surface area contributed by atoms with E-state index in [2.05, 4.69) is 20.0 Å². The number of halogens is 1. The van der Waals surface area contributed by atoms with Gasteiger partial charge in [0.05, 0.1) is 12.2 Å². The number of hydrogen-bond donors (Lipinski definition) is 0. The van der Waals surface area contributed by atoms with Crippen molar-refractivity contribution in [3.63, 3.8) is 0 Å². The first-order chi connectivity index (χ1) is 11.5. The average Bonchev–Trinajstić information content (AvgIpc) is 3.17. The largest absolute Gasteiger partial charge is 0.364 e. The highest BCUT2D eigenvalue weighted by molar-refractivity contribution is 5.45. The first kappa shape index (κ1) is 16.6. The van der Waals surface area contributed by atoms with Gasteiger partial charge in [-0.2, -0.15) is 4.98 Å². The summed E-state index contributed by atoms with van der Waals surface area (Å²) in [6.45, 7) is 1.77. The van der Waals surface area contributed by atoms with Crippen molar-refractivity contribution in [3.8, 4) is 0 Å². The number of hydrogen-bond acceptors (Lipinski definition) is 7. The molecule has 0 spiro atoms. The van der Waals surface area contributed by atoms with Gasteiger partial charge in [-0.05, 0) is 13.1 Å². The summed E-state index contributed by atoms with van der Waals surface area (Å²) in [4.78, 5) is 14.8. The van der Waals surface area contributed by atoms with E-state index >= 15 is 0 Å². The van der Waals surface area contributed by atoms with Gasteiger partial charge in [-0.3, -0.25) is 4.90 Å². The topological polar surface area (TPSA) is 61.5 Å². The standard InChI is InChI=1S/C16H23FN6O/c1-21(2)16-18-6-4-15(19-16)23-9-12(17)8-14(23)11-22(3)10-13-5-7-24-20-13/h4-7,12,14H,8-11H2,1-3H3/t12-,14-/m0/s1. The van der Waals surface area contributed by atoms with Crippen molar-refractivity contribution in [1.29, 1.82) is 0 Å². The van der Waals surface area contributed by atoms with Crippen LogP contribution >= 0.6 is 0 Å². The maximum atomic E-state index is 14.1. The lowest BCUT2D eigenvalue weighted by Crippen LogP contribution is -2.39. The molecule has 1 fully saturated rings. The van der Waals surface area contributed by atoms with E-state index in [0.717, 1.165) is 18.1 Å². The number of anilines is 2. The summed E-state index contributed by atoms with van der Waals surface area (Å²) in [5, 5.41) is 3.92. The van der Waals surface area contributed by atoms with Crippen LogP contribution in [0, 0.1) is 0 Å². The fraction of sp³-hybridized carbons (Fsp3) is 0.562. The van der Waals surface area contributed by atoms with Gasteiger partial charge in [0.2, 0.25) is 5.95 Å². The number of rotatable bonds is 6. The zero-order valence-corrected chi connectivity index (χ0v) is 14.3. The second-order valence-corrected chi connectivity index (χ2v) is 6.44. The smallest absolute Gasteiger partial charge is 0.226 e. The van der Waals surface area contributed by atoms with E-state index in [1.54, 1.807) is 12.5 Å². The zero-order chi connectivity index (χ0) is 17.1. The van der Waals surface area contributed by atoms with Gasteiger partial charge in [0.15, 0.2) is 0 Å². The van der Waals surface area contributed by atoms with Gasteiger partial charge in [-0.15, -0.1) is 0 Å². The molecule has 0 aromatic carbocycles. The van der Waals surface area contributed by atoms with Gasteiger partial charge in [0, 0.05) is 51.9 Å². The quantitative estimate of drug-likeness (QED) is 0.795. The Labute approximate surface area is 141 Å². The molecule has 0 N–H and O–H groups in total. The van der Waals surface area contributed by atoms with Gasteiger partial charge in [-0.25, -0.2) is 9.37 Å². The molecule has 8 heteroatoms. The Morgan fingerprint density at radius 1 is 1.33 bits per heavy atom. The molecule has 130 valence electrons. The first-order valence-electron chi connectivity index (χ1n) is 8.02. The lowest BCUT2D eigenvalue weighted by molar-refractivity contribution is 0.280. The Kier molecular flexibility index (Phi) is 4.94. The Hall–Kier alpha value is -2.22. The van der Waals surface area contributed by atoms with Crippen LogP contribution in [0.25, 0.3) is 0 Å². The van der Waals surface area contributed by atoms with Crippen LogP contribution in [0.1, 0.15) is 12.1 Å². The van der Waals surface area contributed by atoms with Crippen molar-refractivity contribution in [1.82, 2.24) is 20.0 Å². The van der Waals surface area contributed by atoms with Crippen molar-refractivity contribution >= 4 is 11.8 Å². The molecule has 0 saturated carbocycles. The van der Waals surface area contributed by atoms with E-state index < -0.39 is 6.17 Å². The minimum absolute atomic E-state index is 0.0711. The highest BCUT2D eigenvalue weighted by atomic mass is 19.1. The van der Waals surface area contributed by atoms with Crippen molar-refractivity contribution in [2.75, 3.05) is 44.0 Å². The third kappa shape index (κ3) is 3.81. The minimum Gasteiger partial charge on any atom is -0.364 e. The van der Waals surface area contributed by atoms with Gasteiger partial charge in [-0.1, -0.05) is 5.16 Å². The van der Waals surface area contributed by atoms with Gasteiger partial charge >= 0.3 is 0 Å². The molecule has 0 radical (unpaired) electrons. The van der Waals surface area contributed by atoms with E-state index in [0.29, 0.717) is 25.5 Å². The summed E-state index contributed by atoms with van der Waals surface area (Å²) < 4.78 is 18.9. The van der Waals surface area contributed by atoms with E-state index in [9.17, 15) is 4.39 Å². The molecule has 1 aliphatic heterocycles. The van der Waals surface area contributed by atoms with Crippen molar-refractivity contribution in [2.45, 2.75) is 25.2 Å². The number of aromatic nitrogens is 3. The molecule has 1 saturated heterocycles. The summed E-state index contributed by atoms with van der Waals surface area (Å²) in [5.41, 5.74) is 0.871. The summed E-state index contributed by atoms with van der Waals surface area (Å²) in [7, 11) is 5.79. The lowest BCUT2D eigenvalue weighted by Gasteiger charge is -2.29. The third-order valence-electron chi connectivity index (χ3n) is 4.13. The first-order valence-corrected chi connectivity index (χ1v) is 8.02. The molecule has 2 atom stereocenters. The maximum Gasteiger partial charge on any atom is 0.226 e. The molecule has 0 amide bonds. The van der Waals surface area contributed by atoms with Crippen molar-refractivity contribution < 1.29 is 8.91 Å². The maximum absolute atomic E-state index is 14.1. The molecule has 3 rings (SSSR count). The fourth-order valence-corrected chi connectivity index (χ4v) is 3.05. The molecular weight excluding hydrogens is 311 g/mol. The Morgan fingerprint density at radius 3 is 2.88 bits per heavy atom. The number of nitrogens with zero attached hydrogens (tertiary/aromatic N) is 6. The van der Waals surface area contributed by atoms with E-state index in [-0.39, 0.29) is 6.04 Å². The van der Waals surface area contributed by atoms with Crippen LogP contribution in [-0.2, 0) is 6.54 Å². The lowest BCUT2D eigenvalue weighted by atomic mass is 10.2. The SMILES string of the molecule is CN(Cc1ccon1)C[C@@H]1C[C@H](F)CN1c1ccnc(N(C)C)n1. The summed E-state index contributed by atoms with van der Waals surface area (Å²) in [5.74, 6) is 1.40. The highest BCUT2D eigenvalue weighted by Crippen LogP contribution is 2.27. The molecule has 0 aliphatic carbocycles. The number of likely N-dealkylation sites (N-methyl/N-ethyl adjacent to an activating group) is 1. The van der Waals surface area contributed by atoms with E-state index in [4.69, 9.17) is 4.52 Å². The third-order valence-corrected chi connectivity index (χ3v) is 4.13. The second kappa shape index (κ2) is 7.12. The normalized spacial score (nSPS) is 20.8. The van der Waals surface area contributed by atoms with Gasteiger partial charge in [0.25, 0.3) is 0 Å². The Bertz CT molecular complexity index is 650. The molecule has 1 aliphatic rings. The summed E-state index contributed by atoms with van der Waals surface area (Å²) in [6.07, 6.45) is 2.95. The van der Waals surface area contributed by atoms with Gasteiger partial charge < -0.3 is 14.3 Å². The molecule has 3 heterocycles. The fourth-order valence-electron chi connectivity index (χ4n) is 3.05.